The van der Waals surface area contributed by atoms with Crippen LogP contribution in [-0.2, 0) is 10.9 Å². The van der Waals surface area contributed by atoms with E-state index in [9.17, 15) is 18.0 Å². The lowest BCUT2D eigenvalue weighted by molar-refractivity contribution is -0.138. The number of carbonyl (C=O) groups excluding carboxylic acids is 1. The monoisotopic (exact) mass is 355 g/mol. The van der Waals surface area contributed by atoms with Crippen molar-refractivity contribution in [1.29, 1.82) is 5.26 Å². The minimum atomic E-state index is -4.58. The molecule has 0 fully saturated rings. The Balaban J connectivity index is 3.56. The van der Waals surface area contributed by atoms with Crippen molar-refractivity contribution in [2.45, 2.75) is 6.18 Å². The van der Waals surface area contributed by atoms with Crippen LogP contribution in [0.3, 0.4) is 0 Å². The van der Waals surface area contributed by atoms with Crippen molar-refractivity contribution in [3.63, 3.8) is 0 Å². The maximum atomic E-state index is 12.6. The first-order valence-electron chi connectivity index (χ1n) is 4.21. The van der Waals surface area contributed by atoms with Crippen LogP contribution in [0.4, 0.5) is 13.2 Å². The molecule has 0 aromatic heterocycles. The van der Waals surface area contributed by atoms with E-state index in [1.54, 1.807) is 6.07 Å². The van der Waals surface area contributed by atoms with Crippen LogP contribution in [0.25, 0.3) is 0 Å². The first kappa shape index (κ1) is 13.8. The highest BCUT2D eigenvalue weighted by Gasteiger charge is 2.35. The molecule has 3 nitrogen and oxygen atoms in total. The lowest BCUT2D eigenvalue weighted by Gasteiger charge is -2.12. The van der Waals surface area contributed by atoms with E-state index in [0.717, 1.165) is 19.2 Å². The molecular weight excluding hydrogens is 350 g/mol. The van der Waals surface area contributed by atoms with Gasteiger partial charge in [-0.25, -0.2) is 4.79 Å². The van der Waals surface area contributed by atoms with Crippen LogP contribution in [-0.4, -0.2) is 13.1 Å². The van der Waals surface area contributed by atoms with Crippen molar-refractivity contribution in [3.8, 4) is 6.07 Å². The second-order valence-electron chi connectivity index (χ2n) is 2.95. The molecule has 0 aliphatic rings. The number of halogens is 4. The fourth-order valence-corrected chi connectivity index (χ4v) is 2.19. The van der Waals surface area contributed by atoms with Crippen molar-refractivity contribution < 1.29 is 22.7 Å². The standard InChI is InChI=1S/C10H5F3INO2/c1-17-9(16)7-5(4-15)2-3-6(8(7)14)10(11,12)13/h2-3H,1H3. The average molecular weight is 355 g/mol. The van der Waals surface area contributed by atoms with Crippen LogP contribution >= 0.6 is 22.6 Å². The van der Waals surface area contributed by atoms with Gasteiger partial charge in [-0.05, 0) is 34.7 Å². The molecule has 17 heavy (non-hydrogen) atoms. The molecule has 7 heteroatoms. The summed E-state index contributed by atoms with van der Waals surface area (Å²) < 4.78 is 41.8. The molecule has 0 spiro atoms. The van der Waals surface area contributed by atoms with E-state index in [1.807, 2.05) is 0 Å². The van der Waals surface area contributed by atoms with Gasteiger partial charge in [0.2, 0.25) is 0 Å². The van der Waals surface area contributed by atoms with Crippen LogP contribution in [0.15, 0.2) is 12.1 Å². The number of rotatable bonds is 1. The molecule has 0 unspecified atom stereocenters. The molecule has 1 aromatic carbocycles. The molecule has 0 aliphatic carbocycles. The Bertz CT molecular complexity index is 505. The lowest BCUT2D eigenvalue weighted by Crippen LogP contribution is -2.14. The maximum absolute atomic E-state index is 12.6. The number of benzene rings is 1. The molecule has 90 valence electrons. The summed E-state index contributed by atoms with van der Waals surface area (Å²) >= 11 is 1.38. The Morgan fingerprint density at radius 1 is 1.47 bits per heavy atom. The molecule has 1 aromatic rings. The van der Waals surface area contributed by atoms with Gasteiger partial charge in [0.25, 0.3) is 0 Å². The van der Waals surface area contributed by atoms with E-state index >= 15 is 0 Å². The lowest BCUT2D eigenvalue weighted by atomic mass is 10.0. The third kappa shape index (κ3) is 2.69. The molecule has 0 amide bonds. The van der Waals surface area contributed by atoms with Gasteiger partial charge in [0.15, 0.2) is 0 Å². The Kier molecular flexibility index (Phi) is 3.98. The fourth-order valence-electron chi connectivity index (χ4n) is 1.19. The fraction of sp³-hybridized carbons (Fsp3) is 0.200. The normalized spacial score (nSPS) is 10.8. The summed E-state index contributed by atoms with van der Waals surface area (Å²) in [6.07, 6.45) is -4.58. The number of alkyl halides is 3. The van der Waals surface area contributed by atoms with Crippen LogP contribution < -0.4 is 0 Å². The molecular formula is C10H5F3INO2. The van der Waals surface area contributed by atoms with Gasteiger partial charge in [-0.1, -0.05) is 0 Å². The van der Waals surface area contributed by atoms with Gasteiger partial charge in [-0.2, -0.15) is 18.4 Å². The van der Waals surface area contributed by atoms with Gasteiger partial charge in [-0.3, -0.25) is 0 Å². The van der Waals surface area contributed by atoms with Crippen molar-refractivity contribution >= 4 is 28.6 Å². The van der Waals surface area contributed by atoms with Gasteiger partial charge in [0, 0.05) is 3.57 Å². The van der Waals surface area contributed by atoms with Gasteiger partial charge < -0.3 is 4.74 Å². The quantitative estimate of drug-likeness (QED) is 0.575. The average Bonchev–Trinajstić information content (AvgIpc) is 2.25. The van der Waals surface area contributed by atoms with Crippen molar-refractivity contribution in [2.24, 2.45) is 0 Å². The van der Waals surface area contributed by atoms with Crippen molar-refractivity contribution in [2.75, 3.05) is 7.11 Å². The summed E-state index contributed by atoms with van der Waals surface area (Å²) in [4.78, 5) is 11.3. The highest BCUT2D eigenvalue weighted by atomic mass is 127. The first-order valence-corrected chi connectivity index (χ1v) is 5.29. The third-order valence-electron chi connectivity index (χ3n) is 1.96. The number of nitrogens with zero attached hydrogens (tertiary/aromatic N) is 1. The minimum absolute atomic E-state index is 0.144. The second-order valence-corrected chi connectivity index (χ2v) is 4.03. The number of ether oxygens (including phenoxy) is 1. The maximum Gasteiger partial charge on any atom is 0.417 e. The zero-order chi connectivity index (χ0) is 13.2. The van der Waals surface area contributed by atoms with Crippen molar-refractivity contribution in [3.05, 3.63) is 32.4 Å². The molecule has 0 radical (unpaired) electrons. The number of methoxy groups -OCH3 is 1. The molecule has 0 saturated heterocycles. The van der Waals surface area contributed by atoms with E-state index in [0.29, 0.717) is 0 Å². The number of carbonyl (C=O) groups is 1. The molecule has 0 N–H and O–H groups in total. The van der Waals surface area contributed by atoms with E-state index < -0.39 is 17.7 Å². The summed E-state index contributed by atoms with van der Waals surface area (Å²) in [5.41, 5.74) is -1.46. The number of hydrogen-bond donors (Lipinski definition) is 0. The highest BCUT2D eigenvalue weighted by molar-refractivity contribution is 14.1. The number of hydrogen-bond acceptors (Lipinski definition) is 3. The summed E-state index contributed by atoms with van der Waals surface area (Å²) in [7, 11) is 1.04. The SMILES string of the molecule is COC(=O)c1c(C#N)ccc(C(F)(F)F)c1I. The van der Waals surface area contributed by atoms with Gasteiger partial charge in [-0.15, -0.1) is 0 Å². The van der Waals surface area contributed by atoms with Crippen LogP contribution in [0.1, 0.15) is 21.5 Å². The van der Waals surface area contributed by atoms with Gasteiger partial charge >= 0.3 is 12.1 Å². The zero-order valence-corrected chi connectivity index (χ0v) is 10.6. The van der Waals surface area contributed by atoms with Crippen molar-refractivity contribution in [1.82, 2.24) is 0 Å². The van der Waals surface area contributed by atoms with E-state index in [2.05, 4.69) is 4.74 Å². The topological polar surface area (TPSA) is 50.1 Å². The third-order valence-corrected chi connectivity index (χ3v) is 3.08. The van der Waals surface area contributed by atoms with E-state index in [4.69, 9.17) is 5.26 Å². The smallest absolute Gasteiger partial charge is 0.417 e. The molecule has 1 rings (SSSR count). The van der Waals surface area contributed by atoms with Crippen LogP contribution in [0.5, 0.6) is 0 Å². The van der Waals surface area contributed by atoms with E-state index in [1.165, 1.54) is 22.6 Å². The summed E-state index contributed by atoms with van der Waals surface area (Å²) in [6.45, 7) is 0. The Morgan fingerprint density at radius 3 is 2.47 bits per heavy atom. The summed E-state index contributed by atoms with van der Waals surface area (Å²) in [5, 5.41) is 8.74. The Morgan fingerprint density at radius 2 is 2.06 bits per heavy atom. The molecule has 0 aliphatic heterocycles. The van der Waals surface area contributed by atoms with E-state index in [-0.39, 0.29) is 14.7 Å². The largest absolute Gasteiger partial charge is 0.465 e. The second kappa shape index (κ2) is 4.91. The predicted octanol–water partition coefficient (Wildman–Crippen LogP) is 2.97. The summed E-state index contributed by atoms with van der Waals surface area (Å²) in [5.74, 6) is -0.961. The predicted molar refractivity (Wildman–Crippen MR) is 60.2 cm³/mol. The summed E-state index contributed by atoms with van der Waals surface area (Å²) in [6, 6.07) is 3.38. The molecule has 0 bridgehead atoms. The van der Waals surface area contributed by atoms with Crippen LogP contribution in [0.2, 0.25) is 0 Å². The van der Waals surface area contributed by atoms with Gasteiger partial charge in [0.05, 0.1) is 23.8 Å². The zero-order valence-electron chi connectivity index (χ0n) is 8.43. The number of nitriles is 1. The van der Waals surface area contributed by atoms with Gasteiger partial charge in [0.1, 0.15) is 6.07 Å². The molecule has 0 atom stereocenters. The first-order chi connectivity index (χ1) is 7.82. The highest BCUT2D eigenvalue weighted by Crippen LogP contribution is 2.35. The molecule has 0 heterocycles. The number of esters is 1. The minimum Gasteiger partial charge on any atom is -0.465 e. The van der Waals surface area contributed by atoms with Crippen LogP contribution in [0, 0.1) is 14.9 Å². The Labute approximate surface area is 108 Å². The molecule has 0 saturated carbocycles. The Hall–Kier alpha value is -1.30.